The molecule has 0 aliphatic rings. The molecule has 1 aromatic carbocycles. The Labute approximate surface area is 190 Å². The molecule has 9 heteroatoms. The smallest absolute Gasteiger partial charge is 0.251 e. The second kappa shape index (κ2) is 12.5. The molecule has 8 nitrogen and oxygen atoms in total. The fourth-order valence-corrected chi connectivity index (χ4v) is 4.90. The largest absolute Gasteiger partial charge is 0.383 e. The summed E-state index contributed by atoms with van der Waals surface area (Å²) in [6.07, 6.45) is 2.85. The fourth-order valence-electron chi connectivity index (χ4n) is 3.43. The molecule has 0 unspecified atom stereocenters. The van der Waals surface area contributed by atoms with Gasteiger partial charge in [0, 0.05) is 45.6 Å². The van der Waals surface area contributed by atoms with Crippen LogP contribution < -0.4 is 5.56 Å². The number of hydrogen-bond donors (Lipinski definition) is 0. The van der Waals surface area contributed by atoms with Crippen LogP contribution in [0.4, 0.5) is 0 Å². The number of hydrogen-bond acceptors (Lipinski definition) is 5. The molecule has 1 aromatic heterocycles. The number of aryl methyl sites for hydroxylation is 1. The van der Waals surface area contributed by atoms with Crippen molar-refractivity contribution in [3.8, 4) is 0 Å². The third-order valence-electron chi connectivity index (χ3n) is 5.26. The molecule has 0 fully saturated rings. The number of rotatable bonds is 13. The van der Waals surface area contributed by atoms with Crippen molar-refractivity contribution >= 4 is 15.9 Å². The summed E-state index contributed by atoms with van der Waals surface area (Å²) >= 11 is 0. The molecule has 2 aromatic rings. The van der Waals surface area contributed by atoms with Crippen molar-refractivity contribution in [2.75, 3.05) is 39.9 Å². The summed E-state index contributed by atoms with van der Waals surface area (Å²) < 4.78 is 33.2. The van der Waals surface area contributed by atoms with Gasteiger partial charge in [0.15, 0.2) is 0 Å². The van der Waals surface area contributed by atoms with Gasteiger partial charge in [0.25, 0.3) is 5.56 Å². The van der Waals surface area contributed by atoms with E-state index in [1.807, 2.05) is 30.3 Å². The molecule has 0 saturated heterocycles. The van der Waals surface area contributed by atoms with Crippen LogP contribution in [0.2, 0.25) is 0 Å². The van der Waals surface area contributed by atoms with E-state index in [1.165, 1.54) is 28.2 Å². The first-order chi connectivity index (χ1) is 15.3. The van der Waals surface area contributed by atoms with Crippen LogP contribution in [0.25, 0.3) is 0 Å². The molecule has 176 valence electrons. The summed E-state index contributed by atoms with van der Waals surface area (Å²) in [6.45, 7) is 5.22. The summed E-state index contributed by atoms with van der Waals surface area (Å²) in [4.78, 5) is 27.0. The molecule has 0 N–H and O–H groups in total. The van der Waals surface area contributed by atoms with Crippen molar-refractivity contribution < 1.29 is 17.9 Å². The fraction of sp³-hybridized carbons (Fsp3) is 0.478. The lowest BCUT2D eigenvalue weighted by Gasteiger charge is -2.23. The van der Waals surface area contributed by atoms with Crippen molar-refractivity contribution in [3.63, 3.8) is 0 Å². The number of aromatic nitrogens is 1. The average molecular weight is 464 g/mol. The van der Waals surface area contributed by atoms with Crippen LogP contribution in [-0.4, -0.2) is 68.0 Å². The topological polar surface area (TPSA) is 88.9 Å². The Kier molecular flexibility index (Phi) is 10.1. The number of pyridine rings is 1. The molecule has 0 aliphatic carbocycles. The Balaban J connectivity index is 2.14. The summed E-state index contributed by atoms with van der Waals surface area (Å²) in [5.74, 6) is -0.255. The Morgan fingerprint density at radius 3 is 2.34 bits per heavy atom. The van der Waals surface area contributed by atoms with Crippen LogP contribution in [0, 0.1) is 0 Å². The average Bonchev–Trinajstić information content (AvgIpc) is 2.78. The van der Waals surface area contributed by atoms with E-state index in [-0.39, 0.29) is 17.3 Å². The Bertz CT molecular complexity index is 1020. The highest BCUT2D eigenvalue weighted by Crippen LogP contribution is 2.14. The van der Waals surface area contributed by atoms with Crippen LogP contribution in [0.3, 0.4) is 0 Å². The maximum absolute atomic E-state index is 13.0. The molecule has 0 aliphatic heterocycles. The summed E-state index contributed by atoms with van der Waals surface area (Å²) in [5.41, 5.74) is 0.769. The van der Waals surface area contributed by atoms with Gasteiger partial charge in [0.1, 0.15) is 6.54 Å². The zero-order valence-electron chi connectivity index (χ0n) is 19.1. The number of ether oxygens (including phenoxy) is 1. The zero-order valence-corrected chi connectivity index (χ0v) is 19.9. The van der Waals surface area contributed by atoms with Crippen LogP contribution in [0.1, 0.15) is 25.8 Å². The highest BCUT2D eigenvalue weighted by molar-refractivity contribution is 7.89. The van der Waals surface area contributed by atoms with Gasteiger partial charge in [0.2, 0.25) is 15.9 Å². The van der Waals surface area contributed by atoms with Crippen LogP contribution in [0.5, 0.6) is 0 Å². The molecule has 1 heterocycles. The van der Waals surface area contributed by atoms with Crippen molar-refractivity contribution in [1.82, 2.24) is 13.8 Å². The first-order valence-electron chi connectivity index (χ1n) is 10.8. The summed E-state index contributed by atoms with van der Waals surface area (Å²) in [6, 6.07) is 12.5. The van der Waals surface area contributed by atoms with Crippen LogP contribution in [0.15, 0.2) is 58.4 Å². The monoisotopic (exact) mass is 463 g/mol. The first kappa shape index (κ1) is 25.8. The highest BCUT2D eigenvalue weighted by Gasteiger charge is 2.23. The van der Waals surface area contributed by atoms with E-state index in [4.69, 9.17) is 4.74 Å². The molecular weight excluding hydrogens is 430 g/mol. The normalized spacial score (nSPS) is 11.6. The van der Waals surface area contributed by atoms with Gasteiger partial charge in [-0.3, -0.25) is 9.59 Å². The van der Waals surface area contributed by atoms with Gasteiger partial charge in [-0.15, -0.1) is 0 Å². The maximum Gasteiger partial charge on any atom is 0.251 e. The minimum absolute atomic E-state index is 0.00104. The third-order valence-corrected chi connectivity index (χ3v) is 7.29. The molecule has 2 rings (SSSR count). The second-order valence-corrected chi connectivity index (χ2v) is 9.32. The first-order valence-corrected chi connectivity index (χ1v) is 12.3. The quantitative estimate of drug-likeness (QED) is 0.453. The number of methoxy groups -OCH3 is 1. The van der Waals surface area contributed by atoms with Crippen molar-refractivity contribution in [3.05, 3.63) is 64.6 Å². The van der Waals surface area contributed by atoms with Gasteiger partial charge >= 0.3 is 0 Å². The number of amides is 1. The molecule has 0 saturated carbocycles. The molecule has 1 amide bonds. The van der Waals surface area contributed by atoms with Gasteiger partial charge in [0.05, 0.1) is 11.5 Å². The molecular formula is C23H33N3O5S. The Morgan fingerprint density at radius 1 is 1.03 bits per heavy atom. The van der Waals surface area contributed by atoms with Crippen molar-refractivity contribution in [2.45, 2.75) is 38.1 Å². The lowest BCUT2D eigenvalue weighted by atomic mass is 10.1. The van der Waals surface area contributed by atoms with E-state index in [0.717, 1.165) is 17.4 Å². The predicted octanol–water partition coefficient (Wildman–Crippen LogP) is 1.99. The Morgan fingerprint density at radius 2 is 1.72 bits per heavy atom. The van der Waals surface area contributed by atoms with Crippen molar-refractivity contribution in [2.24, 2.45) is 0 Å². The van der Waals surface area contributed by atoms with E-state index < -0.39 is 15.6 Å². The van der Waals surface area contributed by atoms with Crippen LogP contribution in [-0.2, 0) is 32.5 Å². The molecule has 0 atom stereocenters. The standard InChI is InChI=1S/C23H33N3O5S/c1-4-26(5-2)32(29,30)21-13-14-22(27)25(18-21)19-23(28)24(16-17-31-3)15-9-12-20-10-7-6-8-11-20/h6-8,10-11,13-14,18H,4-5,9,12,15-17,19H2,1-3H3. The number of benzene rings is 1. The second-order valence-electron chi connectivity index (χ2n) is 7.38. The SMILES string of the molecule is CCN(CC)S(=O)(=O)c1ccc(=O)n(CC(=O)N(CCCc2ccccc2)CCOC)c1. The Hall–Kier alpha value is -2.49. The molecule has 0 radical (unpaired) electrons. The van der Waals surface area contributed by atoms with Gasteiger partial charge in [-0.05, 0) is 24.5 Å². The van der Waals surface area contributed by atoms with Gasteiger partial charge in [-0.25, -0.2) is 8.42 Å². The minimum atomic E-state index is -3.73. The minimum Gasteiger partial charge on any atom is -0.383 e. The molecule has 32 heavy (non-hydrogen) atoms. The van der Waals surface area contributed by atoms with Crippen LogP contribution >= 0.6 is 0 Å². The number of sulfonamides is 1. The number of carbonyl (C=O) groups excluding carboxylic acids is 1. The van der Waals surface area contributed by atoms with E-state index in [0.29, 0.717) is 32.8 Å². The number of nitrogens with zero attached hydrogens (tertiary/aromatic N) is 3. The van der Waals surface area contributed by atoms with E-state index in [1.54, 1.807) is 25.9 Å². The zero-order chi connectivity index (χ0) is 23.6. The predicted molar refractivity (Wildman–Crippen MR) is 124 cm³/mol. The summed E-state index contributed by atoms with van der Waals surface area (Å²) in [7, 11) is -2.16. The van der Waals surface area contributed by atoms with E-state index in [9.17, 15) is 18.0 Å². The van der Waals surface area contributed by atoms with E-state index >= 15 is 0 Å². The number of carbonyl (C=O) groups is 1. The maximum atomic E-state index is 13.0. The van der Waals surface area contributed by atoms with Crippen molar-refractivity contribution in [1.29, 1.82) is 0 Å². The highest BCUT2D eigenvalue weighted by atomic mass is 32.2. The van der Waals surface area contributed by atoms with Gasteiger partial charge < -0.3 is 14.2 Å². The molecule has 0 spiro atoms. The third kappa shape index (κ3) is 7.01. The molecule has 0 bridgehead atoms. The van der Waals surface area contributed by atoms with Gasteiger partial charge in [-0.2, -0.15) is 4.31 Å². The summed E-state index contributed by atoms with van der Waals surface area (Å²) in [5, 5.41) is 0. The van der Waals surface area contributed by atoms with E-state index in [2.05, 4.69) is 0 Å². The lowest BCUT2D eigenvalue weighted by molar-refractivity contribution is -0.132. The lowest BCUT2D eigenvalue weighted by Crippen LogP contribution is -2.39. The van der Waals surface area contributed by atoms with Gasteiger partial charge in [-0.1, -0.05) is 44.2 Å².